The van der Waals surface area contributed by atoms with Crippen molar-refractivity contribution in [2.75, 3.05) is 32.8 Å². The molecule has 0 saturated carbocycles. The lowest BCUT2D eigenvalue weighted by molar-refractivity contribution is 0.0101. The summed E-state index contributed by atoms with van der Waals surface area (Å²) in [5, 5.41) is 0. The van der Waals surface area contributed by atoms with E-state index in [2.05, 4.69) is 11.8 Å². The summed E-state index contributed by atoms with van der Waals surface area (Å²) in [5.41, 5.74) is 0.236. The van der Waals surface area contributed by atoms with Crippen LogP contribution in [0.3, 0.4) is 0 Å². The van der Waals surface area contributed by atoms with Gasteiger partial charge in [0.15, 0.2) is 5.78 Å². The molecular formula is C21H32N2O4. The number of Topliss-reactive ketones (excluding diaryl/α,β-unsaturated/α-hetero) is 1. The first kappa shape index (κ1) is 21.2. The Morgan fingerprint density at radius 1 is 1.07 bits per heavy atom. The first-order chi connectivity index (χ1) is 12.7. The van der Waals surface area contributed by atoms with Gasteiger partial charge in [0.2, 0.25) is 0 Å². The summed E-state index contributed by atoms with van der Waals surface area (Å²) in [4.78, 5) is 27.6. The van der Waals surface area contributed by atoms with Gasteiger partial charge in [0, 0.05) is 37.8 Å². The molecule has 1 amide bonds. The highest BCUT2D eigenvalue weighted by Gasteiger charge is 2.27. The van der Waals surface area contributed by atoms with Gasteiger partial charge in [-0.3, -0.25) is 9.69 Å². The minimum Gasteiger partial charge on any atom is -0.494 e. The van der Waals surface area contributed by atoms with Gasteiger partial charge in [-0.1, -0.05) is 0 Å². The van der Waals surface area contributed by atoms with Gasteiger partial charge in [0.1, 0.15) is 11.4 Å². The molecule has 0 unspecified atom stereocenters. The Labute approximate surface area is 162 Å². The second-order valence-electron chi connectivity index (χ2n) is 8.07. The predicted molar refractivity (Wildman–Crippen MR) is 105 cm³/mol. The summed E-state index contributed by atoms with van der Waals surface area (Å²) in [6.07, 6.45) is 0.674. The Morgan fingerprint density at radius 2 is 1.67 bits per heavy atom. The number of ether oxygens (including phenoxy) is 2. The minimum absolute atomic E-state index is 0.0562. The van der Waals surface area contributed by atoms with Crippen molar-refractivity contribution < 1.29 is 19.1 Å². The van der Waals surface area contributed by atoms with Crippen molar-refractivity contribution >= 4 is 11.9 Å². The molecule has 1 heterocycles. The van der Waals surface area contributed by atoms with E-state index < -0.39 is 5.60 Å². The van der Waals surface area contributed by atoms with E-state index >= 15 is 0 Å². The normalized spacial score (nSPS) is 16.7. The Balaban J connectivity index is 1.70. The Bertz CT molecular complexity index is 629. The van der Waals surface area contributed by atoms with E-state index in [0.717, 1.165) is 25.3 Å². The van der Waals surface area contributed by atoms with E-state index in [-0.39, 0.29) is 11.9 Å². The molecule has 1 atom stereocenters. The number of hydrogen-bond donors (Lipinski definition) is 0. The molecule has 1 fully saturated rings. The topological polar surface area (TPSA) is 59.1 Å². The van der Waals surface area contributed by atoms with Crippen LogP contribution in [0.5, 0.6) is 5.75 Å². The maximum Gasteiger partial charge on any atom is 0.410 e. The van der Waals surface area contributed by atoms with E-state index in [9.17, 15) is 9.59 Å². The highest BCUT2D eigenvalue weighted by Crippen LogP contribution is 2.16. The number of carbonyl (C=O) groups excluding carboxylic acids is 2. The van der Waals surface area contributed by atoms with Crippen molar-refractivity contribution in [3.05, 3.63) is 29.8 Å². The van der Waals surface area contributed by atoms with Crippen molar-refractivity contribution in [2.24, 2.45) is 0 Å². The molecule has 1 saturated heterocycles. The van der Waals surface area contributed by atoms with Crippen LogP contribution >= 0.6 is 0 Å². The van der Waals surface area contributed by atoms with E-state index in [4.69, 9.17) is 9.47 Å². The zero-order chi connectivity index (χ0) is 20.0. The van der Waals surface area contributed by atoms with E-state index in [1.54, 1.807) is 24.0 Å². The molecular weight excluding hydrogens is 344 g/mol. The van der Waals surface area contributed by atoms with Gasteiger partial charge in [-0.05, 0) is 65.3 Å². The molecule has 0 aliphatic carbocycles. The van der Waals surface area contributed by atoms with Crippen LogP contribution in [0.4, 0.5) is 4.79 Å². The van der Waals surface area contributed by atoms with E-state index in [1.165, 1.54) is 0 Å². The lowest BCUT2D eigenvalue weighted by Gasteiger charge is -2.38. The molecule has 0 radical (unpaired) electrons. The van der Waals surface area contributed by atoms with Crippen molar-refractivity contribution in [1.29, 1.82) is 0 Å². The molecule has 1 aliphatic rings. The zero-order valence-electron chi connectivity index (χ0n) is 17.2. The van der Waals surface area contributed by atoms with Crippen LogP contribution in [0.15, 0.2) is 24.3 Å². The molecule has 6 nitrogen and oxygen atoms in total. The number of carbonyl (C=O) groups is 2. The lowest BCUT2D eigenvalue weighted by Crippen LogP contribution is -2.52. The van der Waals surface area contributed by atoms with Crippen LogP contribution < -0.4 is 4.74 Å². The summed E-state index contributed by atoms with van der Waals surface area (Å²) in [6, 6.07) is 7.62. The van der Waals surface area contributed by atoms with E-state index in [1.807, 2.05) is 32.9 Å². The summed E-state index contributed by atoms with van der Waals surface area (Å²) in [5.74, 6) is 0.836. The highest BCUT2D eigenvalue weighted by atomic mass is 16.6. The van der Waals surface area contributed by atoms with Gasteiger partial charge in [-0.15, -0.1) is 0 Å². The van der Waals surface area contributed by atoms with Crippen LogP contribution in [0.1, 0.15) is 51.4 Å². The Hall–Kier alpha value is -2.08. The molecule has 2 rings (SSSR count). The first-order valence-electron chi connectivity index (χ1n) is 9.61. The maximum atomic E-state index is 12.1. The van der Waals surface area contributed by atoms with Crippen LogP contribution in [0.2, 0.25) is 0 Å². The predicted octanol–water partition coefficient (Wildman–Crippen LogP) is 3.60. The monoisotopic (exact) mass is 376 g/mol. The van der Waals surface area contributed by atoms with Crippen LogP contribution in [0, 0.1) is 0 Å². The van der Waals surface area contributed by atoms with Crippen LogP contribution in [-0.4, -0.2) is 66.1 Å². The highest BCUT2D eigenvalue weighted by molar-refractivity contribution is 5.94. The first-order valence-corrected chi connectivity index (χ1v) is 9.61. The van der Waals surface area contributed by atoms with Gasteiger partial charge in [-0.25, -0.2) is 4.79 Å². The molecule has 1 aromatic rings. The Morgan fingerprint density at radius 3 is 2.19 bits per heavy atom. The van der Waals surface area contributed by atoms with E-state index in [0.29, 0.717) is 31.3 Å². The smallest absolute Gasteiger partial charge is 0.410 e. The van der Waals surface area contributed by atoms with Gasteiger partial charge < -0.3 is 14.4 Å². The lowest BCUT2D eigenvalue weighted by atomic mass is 10.1. The molecule has 0 bridgehead atoms. The third-order valence-corrected chi connectivity index (χ3v) is 4.65. The second kappa shape index (κ2) is 9.22. The van der Waals surface area contributed by atoms with Crippen molar-refractivity contribution in [3.8, 4) is 5.75 Å². The van der Waals surface area contributed by atoms with Crippen LogP contribution in [-0.2, 0) is 4.74 Å². The largest absolute Gasteiger partial charge is 0.494 e. The molecule has 0 spiro atoms. The average molecular weight is 376 g/mol. The molecule has 1 aliphatic heterocycles. The number of rotatable bonds is 6. The number of amides is 1. The summed E-state index contributed by atoms with van der Waals surface area (Å²) < 4.78 is 11.2. The van der Waals surface area contributed by atoms with Gasteiger partial charge in [0.05, 0.1) is 6.61 Å². The summed E-state index contributed by atoms with van der Waals surface area (Å²) in [7, 11) is 0. The molecule has 6 heteroatoms. The average Bonchev–Trinajstić information content (AvgIpc) is 2.60. The van der Waals surface area contributed by atoms with Gasteiger partial charge >= 0.3 is 6.09 Å². The number of ketones is 1. The molecule has 27 heavy (non-hydrogen) atoms. The fraction of sp³-hybridized carbons (Fsp3) is 0.619. The quantitative estimate of drug-likeness (QED) is 0.710. The Kier molecular flexibility index (Phi) is 7.25. The maximum absolute atomic E-state index is 12.1. The summed E-state index contributed by atoms with van der Waals surface area (Å²) in [6.45, 7) is 13.1. The molecule has 0 N–H and O–H groups in total. The molecule has 0 aromatic heterocycles. The minimum atomic E-state index is -0.457. The second-order valence-corrected chi connectivity index (χ2v) is 8.07. The zero-order valence-corrected chi connectivity index (χ0v) is 17.2. The fourth-order valence-corrected chi connectivity index (χ4v) is 2.99. The standard InChI is InChI=1S/C21H32N2O4/c1-16(10-15-26-19-8-6-18(7-9-19)17(2)24)22-11-13-23(14-12-22)20(25)27-21(3,4)5/h6-9,16H,10-15H2,1-5H3/t16-/m1/s1. The fourth-order valence-electron chi connectivity index (χ4n) is 2.99. The summed E-state index contributed by atoms with van der Waals surface area (Å²) >= 11 is 0. The third-order valence-electron chi connectivity index (χ3n) is 4.65. The molecule has 150 valence electrons. The van der Waals surface area contributed by atoms with Crippen molar-refractivity contribution in [3.63, 3.8) is 0 Å². The SMILES string of the molecule is CC(=O)c1ccc(OCC[C@@H](C)N2CCN(C(=O)OC(C)(C)C)CC2)cc1. The number of hydrogen-bond acceptors (Lipinski definition) is 5. The third kappa shape index (κ3) is 6.86. The number of piperazine rings is 1. The van der Waals surface area contributed by atoms with Crippen LogP contribution in [0.25, 0.3) is 0 Å². The van der Waals surface area contributed by atoms with Gasteiger partial charge in [0.25, 0.3) is 0 Å². The number of nitrogens with zero attached hydrogens (tertiary/aromatic N) is 2. The number of benzene rings is 1. The van der Waals surface area contributed by atoms with Crippen molar-refractivity contribution in [1.82, 2.24) is 9.80 Å². The van der Waals surface area contributed by atoms with Gasteiger partial charge in [-0.2, -0.15) is 0 Å². The molecule has 1 aromatic carbocycles. The van der Waals surface area contributed by atoms with Crippen molar-refractivity contribution in [2.45, 2.75) is 52.7 Å².